The molecule has 13 heteroatoms. The second-order valence-corrected chi connectivity index (χ2v) is 6.72. The Morgan fingerprint density at radius 3 is 2.59 bits per heavy atom. The van der Waals surface area contributed by atoms with Crippen LogP contribution < -0.4 is 9.64 Å². The molecule has 1 aliphatic heterocycles. The lowest BCUT2D eigenvalue weighted by Crippen LogP contribution is -2.37. The average molecular weight is 442 g/mol. The topological polar surface area (TPSA) is 124 Å². The number of rotatable bonds is 5. The van der Waals surface area contributed by atoms with Gasteiger partial charge >= 0.3 is 6.01 Å². The summed E-state index contributed by atoms with van der Waals surface area (Å²) >= 11 is 0. The predicted molar refractivity (Wildman–Crippen MR) is 106 cm³/mol. The van der Waals surface area contributed by atoms with Crippen molar-refractivity contribution in [2.24, 2.45) is 0 Å². The Morgan fingerprint density at radius 1 is 1.03 bits per heavy atom. The first-order chi connectivity index (χ1) is 15.6. The molecule has 0 radical (unpaired) electrons. The molecule has 1 fully saturated rings. The highest BCUT2D eigenvalue weighted by Gasteiger charge is 2.26. The molecule has 0 aliphatic carbocycles. The Bertz CT molecular complexity index is 1250. The summed E-state index contributed by atoms with van der Waals surface area (Å²) in [6, 6.07) is 5.79. The van der Waals surface area contributed by atoms with Crippen LogP contribution in [0.4, 0.5) is 14.7 Å². The number of para-hydroxylation sites is 1. The Hall–Kier alpha value is -4.00. The van der Waals surface area contributed by atoms with E-state index in [4.69, 9.17) is 9.47 Å². The quantitative estimate of drug-likeness (QED) is 0.492. The number of alkyl halides is 2. The highest BCUT2D eigenvalue weighted by atomic mass is 19.3. The predicted octanol–water partition coefficient (Wildman–Crippen LogP) is 2.27. The number of nitrogens with zero attached hydrogens (tertiary/aromatic N) is 8. The standard InChI is InChI=1S/C19H16F2N8O3/c20-15(21)16-24-14-11(2-1-3-12(14)30)29(16)18-25-17(28-6-8-31-9-7-28)26-19(27-18)32-13-4-5-22-10-23-13/h1-5,10,15,30H,6-9H2. The SMILES string of the molecule is Oc1cccc2c1nc(C(F)F)n2-c1nc(Oc2ccncn2)nc(N2CCOCC2)n1. The maximum absolute atomic E-state index is 13.9. The molecule has 0 unspecified atom stereocenters. The van der Waals surface area contributed by atoms with Gasteiger partial charge in [-0.2, -0.15) is 15.0 Å². The molecule has 4 aromatic rings. The van der Waals surface area contributed by atoms with E-state index in [1.54, 1.807) is 0 Å². The fraction of sp³-hybridized carbons (Fsp3) is 0.263. The fourth-order valence-electron chi connectivity index (χ4n) is 3.28. The third-order valence-electron chi connectivity index (χ3n) is 4.72. The molecule has 0 spiro atoms. The summed E-state index contributed by atoms with van der Waals surface area (Å²) in [4.78, 5) is 26.5. The van der Waals surface area contributed by atoms with Gasteiger partial charge in [0.1, 0.15) is 17.6 Å². The van der Waals surface area contributed by atoms with E-state index < -0.39 is 12.2 Å². The summed E-state index contributed by atoms with van der Waals surface area (Å²) in [6.45, 7) is 1.94. The van der Waals surface area contributed by atoms with Crippen molar-refractivity contribution in [1.29, 1.82) is 0 Å². The second-order valence-electron chi connectivity index (χ2n) is 6.72. The first kappa shape index (κ1) is 19.9. The van der Waals surface area contributed by atoms with Crippen LogP contribution >= 0.6 is 0 Å². The molecule has 32 heavy (non-hydrogen) atoms. The van der Waals surface area contributed by atoms with Gasteiger partial charge in [-0.3, -0.25) is 4.57 Å². The Balaban J connectivity index is 1.68. The number of benzene rings is 1. The summed E-state index contributed by atoms with van der Waals surface area (Å²) < 4.78 is 39.8. The lowest BCUT2D eigenvalue weighted by atomic mass is 10.3. The largest absolute Gasteiger partial charge is 0.506 e. The minimum Gasteiger partial charge on any atom is -0.506 e. The lowest BCUT2D eigenvalue weighted by molar-refractivity contribution is 0.122. The number of fused-ring (bicyclic) bond motifs is 1. The monoisotopic (exact) mass is 442 g/mol. The number of halogens is 2. The van der Waals surface area contributed by atoms with Gasteiger partial charge in [-0.05, 0) is 12.1 Å². The van der Waals surface area contributed by atoms with Crippen LogP contribution in [0.15, 0.2) is 36.8 Å². The van der Waals surface area contributed by atoms with Gasteiger partial charge in [0.05, 0.1) is 18.7 Å². The molecule has 0 amide bonds. The zero-order chi connectivity index (χ0) is 22.1. The maximum Gasteiger partial charge on any atom is 0.330 e. The Kier molecular flexibility index (Phi) is 5.15. The van der Waals surface area contributed by atoms with E-state index in [0.717, 1.165) is 4.57 Å². The van der Waals surface area contributed by atoms with Crippen LogP contribution in [0.5, 0.6) is 17.6 Å². The van der Waals surface area contributed by atoms with Gasteiger partial charge in [-0.1, -0.05) is 6.07 Å². The van der Waals surface area contributed by atoms with Gasteiger partial charge in [0.15, 0.2) is 5.82 Å². The van der Waals surface area contributed by atoms with Crippen molar-refractivity contribution in [3.63, 3.8) is 0 Å². The molecule has 1 saturated heterocycles. The van der Waals surface area contributed by atoms with Crippen molar-refractivity contribution < 1.29 is 23.4 Å². The zero-order valence-electron chi connectivity index (χ0n) is 16.5. The molecule has 5 rings (SSSR count). The molecular weight excluding hydrogens is 426 g/mol. The number of anilines is 1. The second kappa shape index (κ2) is 8.26. The van der Waals surface area contributed by atoms with Gasteiger partial charge in [-0.25, -0.2) is 23.7 Å². The van der Waals surface area contributed by atoms with Gasteiger partial charge in [0.25, 0.3) is 6.43 Å². The first-order valence-electron chi connectivity index (χ1n) is 9.61. The van der Waals surface area contributed by atoms with Crippen LogP contribution in [-0.2, 0) is 4.74 Å². The van der Waals surface area contributed by atoms with Crippen molar-refractivity contribution in [3.8, 4) is 23.6 Å². The van der Waals surface area contributed by atoms with Crippen molar-refractivity contribution in [3.05, 3.63) is 42.6 Å². The number of hydrogen-bond acceptors (Lipinski definition) is 10. The number of phenolic OH excluding ortho intramolecular Hbond substituents is 1. The van der Waals surface area contributed by atoms with Gasteiger partial charge in [-0.15, -0.1) is 0 Å². The molecule has 1 N–H and O–H groups in total. The summed E-state index contributed by atoms with van der Waals surface area (Å²) in [5.41, 5.74) is 0.224. The Morgan fingerprint density at radius 2 is 1.84 bits per heavy atom. The van der Waals surface area contributed by atoms with Crippen molar-refractivity contribution in [2.45, 2.75) is 6.43 Å². The number of aromatic nitrogens is 7. The molecule has 164 valence electrons. The third-order valence-corrected chi connectivity index (χ3v) is 4.72. The van der Waals surface area contributed by atoms with Gasteiger partial charge in [0, 0.05) is 25.4 Å². The molecule has 1 aromatic carbocycles. The van der Waals surface area contributed by atoms with E-state index in [2.05, 4.69) is 29.9 Å². The van der Waals surface area contributed by atoms with E-state index in [1.165, 1.54) is 36.8 Å². The summed E-state index contributed by atoms with van der Waals surface area (Å²) in [7, 11) is 0. The van der Waals surface area contributed by atoms with Crippen LogP contribution in [0.25, 0.3) is 17.0 Å². The number of hydrogen-bond donors (Lipinski definition) is 1. The van der Waals surface area contributed by atoms with E-state index in [1.807, 2.05) is 4.90 Å². The normalized spacial score (nSPS) is 14.3. The number of imidazole rings is 1. The highest BCUT2D eigenvalue weighted by Crippen LogP contribution is 2.32. The molecule has 1 aliphatic rings. The fourth-order valence-corrected chi connectivity index (χ4v) is 3.28. The smallest absolute Gasteiger partial charge is 0.330 e. The molecule has 0 saturated carbocycles. The molecule has 11 nitrogen and oxygen atoms in total. The molecule has 4 heterocycles. The summed E-state index contributed by atoms with van der Waals surface area (Å²) in [6.07, 6.45) is -0.174. The van der Waals surface area contributed by atoms with Crippen molar-refractivity contribution in [2.75, 3.05) is 31.2 Å². The number of phenols is 1. The van der Waals surface area contributed by atoms with E-state index >= 15 is 0 Å². The van der Waals surface area contributed by atoms with Gasteiger partial charge < -0.3 is 19.5 Å². The number of aromatic hydroxyl groups is 1. The van der Waals surface area contributed by atoms with E-state index in [9.17, 15) is 13.9 Å². The van der Waals surface area contributed by atoms with E-state index in [0.29, 0.717) is 26.3 Å². The van der Waals surface area contributed by atoms with Crippen LogP contribution in [0.2, 0.25) is 0 Å². The molecule has 0 bridgehead atoms. The lowest BCUT2D eigenvalue weighted by Gasteiger charge is -2.27. The van der Waals surface area contributed by atoms with Crippen molar-refractivity contribution >= 4 is 17.0 Å². The minimum atomic E-state index is -2.95. The van der Waals surface area contributed by atoms with Crippen molar-refractivity contribution in [1.82, 2.24) is 34.5 Å². The third kappa shape index (κ3) is 3.73. The van der Waals surface area contributed by atoms with Gasteiger partial charge in [0.2, 0.25) is 17.8 Å². The first-order valence-corrected chi connectivity index (χ1v) is 9.61. The van der Waals surface area contributed by atoms with Crippen LogP contribution in [0.1, 0.15) is 12.2 Å². The average Bonchev–Trinajstić information content (AvgIpc) is 3.22. The highest BCUT2D eigenvalue weighted by molar-refractivity contribution is 5.83. The maximum atomic E-state index is 13.9. The van der Waals surface area contributed by atoms with E-state index in [-0.39, 0.29) is 40.6 Å². The van der Waals surface area contributed by atoms with Crippen LogP contribution in [0.3, 0.4) is 0 Å². The molecular formula is C19H16F2N8O3. The summed E-state index contributed by atoms with van der Waals surface area (Å²) in [5.74, 6) is -0.581. The number of ether oxygens (including phenoxy) is 2. The Labute approximate surface area is 179 Å². The van der Waals surface area contributed by atoms with Crippen LogP contribution in [-0.4, -0.2) is 65.9 Å². The number of morpholine rings is 1. The summed E-state index contributed by atoms with van der Waals surface area (Å²) in [5, 5.41) is 10.1. The van der Waals surface area contributed by atoms with Crippen LogP contribution in [0, 0.1) is 0 Å². The molecule has 3 aromatic heterocycles. The minimum absolute atomic E-state index is 0.00871. The zero-order valence-corrected chi connectivity index (χ0v) is 16.5. The molecule has 0 atom stereocenters.